The summed E-state index contributed by atoms with van der Waals surface area (Å²) in [5.74, 6) is 0. The van der Waals surface area contributed by atoms with Crippen LogP contribution in [0.2, 0.25) is 0 Å². The first kappa shape index (κ1) is 1.32. The zero-order chi connectivity index (χ0) is 5.28. The third-order valence-corrected chi connectivity index (χ3v) is 0.677. The molecule has 0 N–H and O–H groups in total. The molecule has 0 aromatic rings. The SMILES string of the molecule is [2H]C([2H])=C=C1CC1. The van der Waals surface area contributed by atoms with Crippen LogP contribution >= 0.6 is 0 Å². The third kappa shape index (κ3) is 0.398. The number of allylic oxidation sites excluding steroid dienone is 1. The Morgan fingerprint density at radius 3 is 3.00 bits per heavy atom. The van der Waals surface area contributed by atoms with Crippen LogP contribution in [0, 0.1) is 0 Å². The molecule has 26 valence electrons. The van der Waals surface area contributed by atoms with E-state index in [2.05, 4.69) is 5.73 Å². The molecule has 0 bridgehead atoms. The van der Waals surface area contributed by atoms with Crippen molar-refractivity contribution in [2.75, 3.05) is 0 Å². The van der Waals surface area contributed by atoms with E-state index in [0.717, 1.165) is 18.4 Å². The lowest BCUT2D eigenvalue weighted by Crippen LogP contribution is -1.20. The van der Waals surface area contributed by atoms with Crippen molar-refractivity contribution in [3.05, 3.63) is 17.8 Å². The molecule has 0 aromatic carbocycles. The molecular weight excluding hydrogens is 60.1 g/mol. The van der Waals surface area contributed by atoms with Gasteiger partial charge >= 0.3 is 0 Å². The van der Waals surface area contributed by atoms with E-state index in [4.69, 9.17) is 2.74 Å². The predicted molar refractivity (Wildman–Crippen MR) is 21.9 cm³/mol. The molecule has 0 nitrogen and oxygen atoms in total. The van der Waals surface area contributed by atoms with Crippen molar-refractivity contribution in [2.24, 2.45) is 0 Å². The number of rotatable bonds is 0. The van der Waals surface area contributed by atoms with Gasteiger partial charge < -0.3 is 0 Å². The van der Waals surface area contributed by atoms with Gasteiger partial charge in [-0.3, -0.25) is 0 Å². The first-order valence-electron chi connectivity index (χ1n) is 2.71. The lowest BCUT2D eigenvalue weighted by atomic mass is 10.7. The van der Waals surface area contributed by atoms with Crippen molar-refractivity contribution in [3.63, 3.8) is 0 Å². The van der Waals surface area contributed by atoms with Crippen LogP contribution in [0.4, 0.5) is 0 Å². The molecule has 0 unspecified atom stereocenters. The quantitative estimate of drug-likeness (QED) is 0.377. The molecule has 1 saturated carbocycles. The molecule has 1 rings (SSSR count). The lowest BCUT2D eigenvalue weighted by molar-refractivity contribution is 1.50. The average Bonchev–Trinajstić information content (AvgIpc) is 2.17. The monoisotopic (exact) mass is 68.1 g/mol. The number of hydrogen-bond donors (Lipinski definition) is 0. The van der Waals surface area contributed by atoms with Gasteiger partial charge in [0.15, 0.2) is 0 Å². The Bertz CT molecular complexity index is 128. The van der Waals surface area contributed by atoms with Crippen molar-refractivity contribution in [1.29, 1.82) is 0 Å². The maximum absolute atomic E-state index is 6.60. The van der Waals surface area contributed by atoms with Crippen molar-refractivity contribution >= 4 is 0 Å². The second-order valence-electron chi connectivity index (χ2n) is 1.23. The largest absolute Gasteiger partial charge is 0.130 e. The van der Waals surface area contributed by atoms with Gasteiger partial charge in [-0.15, -0.1) is 5.73 Å². The van der Waals surface area contributed by atoms with Gasteiger partial charge in [-0.25, -0.2) is 0 Å². The molecule has 0 aromatic heterocycles. The van der Waals surface area contributed by atoms with Crippen LogP contribution in [0.3, 0.4) is 0 Å². The molecular formula is C5H6. The van der Waals surface area contributed by atoms with Crippen LogP contribution < -0.4 is 0 Å². The molecule has 0 aliphatic heterocycles. The van der Waals surface area contributed by atoms with Gasteiger partial charge in [0, 0.05) is 0 Å². The number of hydrogen-bond acceptors (Lipinski definition) is 0. The van der Waals surface area contributed by atoms with E-state index in [1.807, 2.05) is 0 Å². The summed E-state index contributed by atoms with van der Waals surface area (Å²) >= 11 is 0. The summed E-state index contributed by atoms with van der Waals surface area (Å²) in [6.45, 7) is -0.187. The fourth-order valence-corrected chi connectivity index (χ4v) is 0.187. The highest BCUT2D eigenvalue weighted by molar-refractivity contribution is 5.13. The van der Waals surface area contributed by atoms with Crippen LogP contribution in [0.1, 0.15) is 15.6 Å². The van der Waals surface area contributed by atoms with Gasteiger partial charge in [0.1, 0.15) is 0 Å². The zero-order valence-electron chi connectivity index (χ0n) is 4.91. The van der Waals surface area contributed by atoms with Crippen LogP contribution in [-0.2, 0) is 0 Å². The molecule has 0 heteroatoms. The molecule has 0 spiro atoms. The summed E-state index contributed by atoms with van der Waals surface area (Å²) < 4.78 is 13.2. The Balaban J connectivity index is 2.75. The molecule has 0 saturated heterocycles. The predicted octanol–water partition coefficient (Wildman–Crippen LogP) is 1.49. The standard InChI is InChI=1S/C5H6/c1-2-5-3-4-5/h1,3-4H2/i1D2. The van der Waals surface area contributed by atoms with Gasteiger partial charge in [-0.2, -0.15) is 0 Å². The summed E-state index contributed by atoms with van der Waals surface area (Å²) in [5.41, 5.74) is 3.71. The normalized spacial score (nSPS) is 22.8. The van der Waals surface area contributed by atoms with Crippen LogP contribution in [0.5, 0.6) is 0 Å². The fourth-order valence-electron chi connectivity index (χ4n) is 0.187. The topological polar surface area (TPSA) is 0 Å². The second kappa shape index (κ2) is 0.734. The zero-order valence-corrected chi connectivity index (χ0v) is 2.91. The van der Waals surface area contributed by atoms with E-state index in [1.165, 1.54) is 0 Å². The summed E-state index contributed by atoms with van der Waals surface area (Å²) in [7, 11) is 0. The molecule has 1 aliphatic rings. The highest BCUT2D eigenvalue weighted by Gasteiger charge is 2.07. The van der Waals surface area contributed by atoms with Crippen molar-refractivity contribution in [2.45, 2.75) is 12.8 Å². The highest BCUT2D eigenvalue weighted by Crippen LogP contribution is 2.24. The van der Waals surface area contributed by atoms with E-state index in [0.29, 0.717) is 0 Å². The molecule has 1 fully saturated rings. The smallest absolute Gasteiger partial charge is 0.0628 e. The maximum atomic E-state index is 6.60. The first-order valence-corrected chi connectivity index (χ1v) is 1.71. The van der Waals surface area contributed by atoms with Crippen LogP contribution in [-0.4, -0.2) is 0 Å². The molecule has 0 heterocycles. The molecule has 1 aliphatic carbocycles. The summed E-state index contributed by atoms with van der Waals surface area (Å²) in [6.07, 6.45) is 2.11. The average molecular weight is 68.1 g/mol. The minimum atomic E-state index is -0.187. The molecule has 0 atom stereocenters. The van der Waals surface area contributed by atoms with Gasteiger partial charge in [0.05, 0.1) is 2.74 Å². The van der Waals surface area contributed by atoms with Crippen molar-refractivity contribution < 1.29 is 2.74 Å². The minimum Gasteiger partial charge on any atom is -0.130 e. The summed E-state index contributed by atoms with van der Waals surface area (Å²) in [5, 5.41) is 0. The Kier molecular flexibility index (Phi) is 0.193. The Morgan fingerprint density at radius 2 is 2.80 bits per heavy atom. The van der Waals surface area contributed by atoms with Crippen molar-refractivity contribution in [3.8, 4) is 0 Å². The maximum Gasteiger partial charge on any atom is 0.0628 e. The minimum absolute atomic E-state index is 0.187. The second-order valence-corrected chi connectivity index (χ2v) is 1.23. The van der Waals surface area contributed by atoms with Gasteiger partial charge in [-0.05, 0) is 18.4 Å². The summed E-state index contributed by atoms with van der Waals surface area (Å²) in [4.78, 5) is 0. The Hall–Kier alpha value is -0.480. The van der Waals surface area contributed by atoms with E-state index < -0.39 is 0 Å². The van der Waals surface area contributed by atoms with Gasteiger partial charge in [0.25, 0.3) is 0 Å². The third-order valence-electron chi connectivity index (χ3n) is 0.677. The van der Waals surface area contributed by atoms with E-state index in [-0.39, 0.29) is 6.53 Å². The highest BCUT2D eigenvalue weighted by atomic mass is 14.1. The fraction of sp³-hybridized carbons (Fsp3) is 0.400. The van der Waals surface area contributed by atoms with E-state index in [9.17, 15) is 0 Å². The van der Waals surface area contributed by atoms with E-state index in [1.54, 1.807) is 0 Å². The molecule has 0 radical (unpaired) electrons. The summed E-state index contributed by atoms with van der Waals surface area (Å²) in [6, 6.07) is 0. The van der Waals surface area contributed by atoms with E-state index >= 15 is 0 Å². The first-order chi connectivity index (χ1) is 3.29. The van der Waals surface area contributed by atoms with Gasteiger partial charge in [0.2, 0.25) is 0 Å². The van der Waals surface area contributed by atoms with Crippen LogP contribution in [0.25, 0.3) is 0 Å². The molecule has 5 heavy (non-hydrogen) atoms. The van der Waals surface area contributed by atoms with Gasteiger partial charge in [-0.1, -0.05) is 6.53 Å². The van der Waals surface area contributed by atoms with Crippen LogP contribution in [0.15, 0.2) is 17.8 Å². The van der Waals surface area contributed by atoms with Crippen molar-refractivity contribution in [1.82, 2.24) is 0 Å². The molecule has 0 amide bonds. The lowest BCUT2D eigenvalue weighted by Gasteiger charge is -1.41. The Morgan fingerprint density at radius 1 is 2.00 bits per heavy atom. The Labute approximate surface area is 34.6 Å².